The van der Waals surface area contributed by atoms with Gasteiger partial charge in [0.25, 0.3) is 0 Å². The van der Waals surface area contributed by atoms with E-state index in [4.69, 9.17) is 11.6 Å². The summed E-state index contributed by atoms with van der Waals surface area (Å²) in [5, 5.41) is -0.256. The molecule has 0 nitrogen and oxygen atoms in total. The summed E-state index contributed by atoms with van der Waals surface area (Å²) in [6.45, 7) is 8.23. The van der Waals surface area contributed by atoms with Gasteiger partial charge in [-0.15, -0.1) is 11.6 Å². The summed E-state index contributed by atoms with van der Waals surface area (Å²) < 4.78 is 26.3. The summed E-state index contributed by atoms with van der Waals surface area (Å²) in [7, 11) is 0. The van der Waals surface area contributed by atoms with E-state index in [9.17, 15) is 8.78 Å². The van der Waals surface area contributed by atoms with Gasteiger partial charge in [0.05, 0.1) is 5.38 Å². The van der Waals surface area contributed by atoms with Gasteiger partial charge in [0.2, 0.25) is 0 Å². The highest BCUT2D eigenvalue weighted by Gasteiger charge is 2.17. The molecular formula is C18H19ClF2. The topological polar surface area (TPSA) is 0 Å². The van der Waals surface area contributed by atoms with E-state index in [-0.39, 0.29) is 5.38 Å². The molecule has 0 bridgehead atoms. The Labute approximate surface area is 129 Å². The number of halogens is 3. The van der Waals surface area contributed by atoms with E-state index >= 15 is 0 Å². The maximum absolute atomic E-state index is 13.3. The first kappa shape index (κ1) is 16.0. The third-order valence-corrected chi connectivity index (χ3v) is 4.51. The minimum atomic E-state index is -0.830. The van der Waals surface area contributed by atoms with Crippen LogP contribution in [0.25, 0.3) is 0 Å². The third kappa shape index (κ3) is 3.26. The van der Waals surface area contributed by atoms with Gasteiger partial charge in [-0.25, -0.2) is 8.78 Å². The predicted octanol–water partition coefficient (Wildman–Crippen LogP) is 5.72. The summed E-state index contributed by atoms with van der Waals surface area (Å²) in [6, 6.07) is 6.10. The lowest BCUT2D eigenvalue weighted by Crippen LogP contribution is -2.05. The smallest absolute Gasteiger partial charge is 0.159 e. The molecule has 0 aliphatic heterocycles. The van der Waals surface area contributed by atoms with Crippen molar-refractivity contribution in [2.24, 2.45) is 0 Å². The molecule has 0 aliphatic rings. The van der Waals surface area contributed by atoms with Crippen molar-refractivity contribution in [1.29, 1.82) is 0 Å². The molecule has 0 fully saturated rings. The van der Waals surface area contributed by atoms with Gasteiger partial charge in [-0.2, -0.15) is 0 Å². The average molecular weight is 309 g/mol. The number of hydrogen-bond donors (Lipinski definition) is 0. The van der Waals surface area contributed by atoms with E-state index in [2.05, 4.69) is 33.8 Å². The first-order chi connectivity index (χ1) is 9.81. The second-order valence-electron chi connectivity index (χ2n) is 5.59. The molecule has 0 aromatic heterocycles. The molecule has 0 aliphatic carbocycles. The number of hydrogen-bond acceptors (Lipinski definition) is 0. The molecule has 3 heteroatoms. The Morgan fingerprint density at radius 3 is 2.00 bits per heavy atom. The van der Waals surface area contributed by atoms with Gasteiger partial charge in [-0.05, 0) is 79.6 Å². The van der Waals surface area contributed by atoms with Crippen molar-refractivity contribution in [2.45, 2.75) is 39.5 Å². The highest BCUT2D eigenvalue weighted by atomic mass is 35.5. The molecule has 112 valence electrons. The molecule has 0 saturated heterocycles. The molecule has 2 rings (SSSR count). The highest BCUT2D eigenvalue weighted by Crippen LogP contribution is 2.33. The van der Waals surface area contributed by atoms with Crippen molar-refractivity contribution >= 4 is 11.6 Å². The molecular weight excluding hydrogens is 290 g/mol. The first-order valence-electron chi connectivity index (χ1n) is 6.96. The van der Waals surface area contributed by atoms with Crippen LogP contribution in [0.1, 0.15) is 38.8 Å². The lowest BCUT2D eigenvalue weighted by atomic mass is 9.90. The van der Waals surface area contributed by atoms with Crippen LogP contribution >= 0.6 is 11.6 Å². The molecule has 0 heterocycles. The fraction of sp³-hybridized carbons (Fsp3) is 0.333. The SMILES string of the molecule is Cc1cc(C)c(C)c(C(Cl)Cc2ccc(F)c(F)c2)c1C. The van der Waals surface area contributed by atoms with Crippen LogP contribution in [-0.4, -0.2) is 0 Å². The number of rotatable bonds is 3. The summed E-state index contributed by atoms with van der Waals surface area (Å²) in [5.41, 5.74) is 6.53. The molecule has 0 amide bonds. The Kier molecular flexibility index (Phi) is 4.67. The zero-order valence-electron chi connectivity index (χ0n) is 12.7. The van der Waals surface area contributed by atoms with Crippen LogP contribution in [0.4, 0.5) is 8.78 Å². The van der Waals surface area contributed by atoms with E-state index in [0.717, 1.165) is 11.6 Å². The molecule has 0 N–H and O–H groups in total. The maximum atomic E-state index is 13.3. The van der Waals surface area contributed by atoms with Crippen LogP contribution in [0.2, 0.25) is 0 Å². The summed E-state index contributed by atoms with van der Waals surface area (Å²) in [4.78, 5) is 0. The second kappa shape index (κ2) is 6.15. The molecule has 1 atom stereocenters. The van der Waals surface area contributed by atoms with Crippen molar-refractivity contribution in [3.63, 3.8) is 0 Å². The van der Waals surface area contributed by atoms with E-state index in [1.54, 1.807) is 6.07 Å². The molecule has 0 radical (unpaired) electrons. The van der Waals surface area contributed by atoms with Gasteiger partial charge in [0.1, 0.15) is 0 Å². The number of benzene rings is 2. The maximum Gasteiger partial charge on any atom is 0.159 e. The van der Waals surface area contributed by atoms with E-state index in [1.807, 2.05) is 0 Å². The Morgan fingerprint density at radius 2 is 1.48 bits per heavy atom. The van der Waals surface area contributed by atoms with Crippen LogP contribution in [0.3, 0.4) is 0 Å². The molecule has 2 aromatic rings. The first-order valence-corrected chi connectivity index (χ1v) is 7.40. The highest BCUT2D eigenvalue weighted by molar-refractivity contribution is 6.21. The lowest BCUT2D eigenvalue weighted by molar-refractivity contribution is 0.507. The van der Waals surface area contributed by atoms with Crippen molar-refractivity contribution < 1.29 is 8.78 Å². The lowest BCUT2D eigenvalue weighted by Gasteiger charge is -2.20. The summed E-state index contributed by atoms with van der Waals surface area (Å²) in [6.07, 6.45) is 0.476. The molecule has 0 spiro atoms. The van der Waals surface area contributed by atoms with Crippen LogP contribution in [0.15, 0.2) is 24.3 Å². The Bertz CT molecular complexity index is 651. The number of alkyl halides is 1. The molecule has 2 aromatic carbocycles. The fourth-order valence-electron chi connectivity index (χ4n) is 2.69. The van der Waals surface area contributed by atoms with Crippen LogP contribution in [-0.2, 0) is 6.42 Å². The Morgan fingerprint density at radius 1 is 0.905 bits per heavy atom. The van der Waals surface area contributed by atoms with E-state index in [0.29, 0.717) is 12.0 Å². The minimum absolute atomic E-state index is 0.256. The Balaban J connectivity index is 2.36. The molecule has 0 saturated carbocycles. The van der Waals surface area contributed by atoms with Crippen LogP contribution in [0, 0.1) is 39.3 Å². The van der Waals surface area contributed by atoms with Crippen molar-refractivity contribution in [2.75, 3.05) is 0 Å². The number of aryl methyl sites for hydroxylation is 2. The predicted molar refractivity (Wildman–Crippen MR) is 84.0 cm³/mol. The van der Waals surface area contributed by atoms with Gasteiger partial charge in [-0.1, -0.05) is 12.1 Å². The van der Waals surface area contributed by atoms with Gasteiger partial charge < -0.3 is 0 Å². The Hall–Kier alpha value is -1.41. The zero-order valence-corrected chi connectivity index (χ0v) is 13.5. The summed E-state index contributed by atoms with van der Waals surface area (Å²) in [5.74, 6) is -1.66. The second-order valence-corrected chi connectivity index (χ2v) is 6.12. The minimum Gasteiger partial charge on any atom is -0.204 e. The van der Waals surface area contributed by atoms with E-state index < -0.39 is 11.6 Å². The van der Waals surface area contributed by atoms with Gasteiger partial charge in [0.15, 0.2) is 11.6 Å². The normalized spacial score (nSPS) is 12.5. The van der Waals surface area contributed by atoms with Gasteiger partial charge >= 0.3 is 0 Å². The quantitative estimate of drug-likeness (QED) is 0.636. The molecule has 21 heavy (non-hydrogen) atoms. The largest absolute Gasteiger partial charge is 0.204 e. The zero-order chi connectivity index (χ0) is 15.7. The monoisotopic (exact) mass is 308 g/mol. The van der Waals surface area contributed by atoms with Crippen LogP contribution in [0.5, 0.6) is 0 Å². The average Bonchev–Trinajstić information content (AvgIpc) is 2.41. The van der Waals surface area contributed by atoms with Crippen LogP contribution < -0.4 is 0 Å². The third-order valence-electron chi connectivity index (χ3n) is 4.14. The summed E-state index contributed by atoms with van der Waals surface area (Å²) >= 11 is 6.57. The van der Waals surface area contributed by atoms with Crippen molar-refractivity contribution in [3.8, 4) is 0 Å². The standard InChI is InChI=1S/C18H19ClF2/c1-10-7-11(2)13(4)18(12(10)3)15(19)8-14-5-6-16(20)17(21)9-14/h5-7,9,15H,8H2,1-4H3. The van der Waals surface area contributed by atoms with E-state index in [1.165, 1.54) is 28.3 Å². The molecule has 1 unspecified atom stereocenters. The van der Waals surface area contributed by atoms with Crippen molar-refractivity contribution in [3.05, 3.63) is 69.3 Å². The van der Waals surface area contributed by atoms with Crippen molar-refractivity contribution in [1.82, 2.24) is 0 Å². The van der Waals surface area contributed by atoms with Gasteiger partial charge in [-0.3, -0.25) is 0 Å². The van der Waals surface area contributed by atoms with Gasteiger partial charge in [0, 0.05) is 0 Å². The fourth-order valence-corrected chi connectivity index (χ4v) is 3.20.